The molecule has 0 radical (unpaired) electrons. The Morgan fingerprint density at radius 3 is 2.58 bits per heavy atom. The van der Waals surface area contributed by atoms with Crippen molar-refractivity contribution in [2.75, 3.05) is 13.1 Å². The zero-order valence-electron chi connectivity index (χ0n) is 14.4. The molecule has 1 amide bonds. The lowest BCUT2D eigenvalue weighted by molar-refractivity contribution is -0.127. The Labute approximate surface area is 157 Å². The topological polar surface area (TPSA) is 49.0 Å². The molecule has 4 nitrogen and oxygen atoms in total. The number of hydrogen-bond donors (Lipinski definition) is 1. The second kappa shape index (κ2) is 7.34. The van der Waals surface area contributed by atoms with Crippen LogP contribution in [0.15, 0.2) is 54.6 Å². The predicted molar refractivity (Wildman–Crippen MR) is 105 cm³/mol. The lowest BCUT2D eigenvalue weighted by Gasteiger charge is -2.30. The van der Waals surface area contributed by atoms with Gasteiger partial charge in [0.1, 0.15) is 5.82 Å². The van der Waals surface area contributed by atoms with E-state index in [1.807, 2.05) is 59.5 Å². The van der Waals surface area contributed by atoms with Gasteiger partial charge in [-0.3, -0.25) is 4.79 Å². The third kappa shape index (κ3) is 3.65. The minimum Gasteiger partial charge on any atom is -0.342 e. The Kier molecular flexibility index (Phi) is 4.76. The zero-order chi connectivity index (χ0) is 17.9. The maximum absolute atomic E-state index is 12.4. The first-order valence-corrected chi connectivity index (χ1v) is 9.24. The van der Waals surface area contributed by atoms with Gasteiger partial charge in [-0.1, -0.05) is 35.9 Å². The zero-order valence-corrected chi connectivity index (χ0v) is 15.1. The molecule has 0 aliphatic carbocycles. The fraction of sp³-hybridized carbons (Fsp3) is 0.238. The lowest BCUT2D eigenvalue weighted by Crippen LogP contribution is -2.37. The summed E-state index contributed by atoms with van der Waals surface area (Å²) in [5.41, 5.74) is 3.05. The summed E-state index contributed by atoms with van der Waals surface area (Å²) in [5, 5.41) is 0.695. The largest absolute Gasteiger partial charge is 0.342 e. The van der Waals surface area contributed by atoms with Gasteiger partial charge >= 0.3 is 0 Å². The average molecular weight is 366 g/mol. The number of nitrogens with zero attached hydrogens (tertiary/aromatic N) is 2. The fourth-order valence-electron chi connectivity index (χ4n) is 3.39. The fourth-order valence-corrected chi connectivity index (χ4v) is 3.51. The number of fused-ring (bicyclic) bond motifs is 1. The van der Waals surface area contributed by atoms with Gasteiger partial charge in [-0.05, 0) is 48.7 Å². The van der Waals surface area contributed by atoms with Crippen LogP contribution in [0.3, 0.4) is 0 Å². The third-order valence-electron chi connectivity index (χ3n) is 4.89. The van der Waals surface area contributed by atoms with E-state index in [0.717, 1.165) is 48.4 Å². The highest BCUT2D eigenvalue weighted by Gasteiger charge is 2.24. The van der Waals surface area contributed by atoms with Crippen LogP contribution >= 0.6 is 11.6 Å². The number of hydrogen-bond acceptors (Lipinski definition) is 2. The van der Waals surface area contributed by atoms with Gasteiger partial charge in [0.25, 0.3) is 0 Å². The number of aromatic amines is 1. The molecule has 1 aliphatic heterocycles. The summed E-state index contributed by atoms with van der Waals surface area (Å²) in [7, 11) is 0. The molecule has 2 aromatic carbocycles. The molecule has 0 bridgehead atoms. The van der Waals surface area contributed by atoms with Gasteiger partial charge in [0.2, 0.25) is 5.91 Å². The van der Waals surface area contributed by atoms with E-state index in [9.17, 15) is 4.79 Å². The highest BCUT2D eigenvalue weighted by molar-refractivity contribution is 6.30. The number of para-hydroxylation sites is 2. The molecule has 132 valence electrons. The minimum absolute atomic E-state index is 0.0583. The van der Waals surface area contributed by atoms with Gasteiger partial charge in [-0.15, -0.1) is 0 Å². The number of likely N-dealkylation sites (tertiary alicyclic amines) is 1. The van der Waals surface area contributed by atoms with Crippen LogP contribution in [0.1, 0.15) is 30.1 Å². The van der Waals surface area contributed by atoms with Gasteiger partial charge in [0, 0.05) is 30.1 Å². The second-order valence-corrected chi connectivity index (χ2v) is 7.06. The summed E-state index contributed by atoms with van der Waals surface area (Å²) in [6, 6.07) is 15.5. The van der Waals surface area contributed by atoms with Crippen molar-refractivity contribution in [3.05, 3.63) is 71.0 Å². The van der Waals surface area contributed by atoms with Crippen LogP contribution in [0.2, 0.25) is 5.02 Å². The first-order valence-electron chi connectivity index (χ1n) is 8.86. The molecule has 5 heteroatoms. The number of nitrogens with one attached hydrogen (secondary N) is 1. The van der Waals surface area contributed by atoms with Crippen LogP contribution in [0.4, 0.5) is 0 Å². The van der Waals surface area contributed by atoms with E-state index in [1.54, 1.807) is 6.08 Å². The third-order valence-corrected chi connectivity index (χ3v) is 5.14. The molecule has 0 atom stereocenters. The first kappa shape index (κ1) is 16.9. The number of aromatic nitrogens is 2. The van der Waals surface area contributed by atoms with E-state index in [0.29, 0.717) is 10.9 Å². The van der Waals surface area contributed by atoms with Gasteiger partial charge in [-0.25, -0.2) is 4.98 Å². The normalized spacial score (nSPS) is 15.8. The molecule has 4 rings (SSSR count). The average Bonchev–Trinajstić information content (AvgIpc) is 3.12. The Hall–Kier alpha value is -2.59. The number of benzene rings is 2. The van der Waals surface area contributed by atoms with Crippen LogP contribution in [0.25, 0.3) is 17.1 Å². The predicted octanol–water partition coefficient (Wildman–Crippen LogP) is 4.64. The molecular formula is C21H20ClN3O. The molecule has 1 N–H and O–H groups in total. The quantitative estimate of drug-likeness (QED) is 0.687. The Morgan fingerprint density at radius 2 is 1.85 bits per heavy atom. The molecule has 0 spiro atoms. The molecule has 1 fully saturated rings. The van der Waals surface area contributed by atoms with E-state index in [4.69, 9.17) is 16.6 Å². The number of piperidine rings is 1. The van der Waals surface area contributed by atoms with E-state index >= 15 is 0 Å². The van der Waals surface area contributed by atoms with Gasteiger partial charge in [0.05, 0.1) is 11.0 Å². The van der Waals surface area contributed by atoms with E-state index in [1.165, 1.54) is 0 Å². The van der Waals surface area contributed by atoms with Gasteiger partial charge in [-0.2, -0.15) is 0 Å². The Morgan fingerprint density at radius 1 is 1.12 bits per heavy atom. The molecule has 1 aromatic heterocycles. The van der Waals surface area contributed by atoms with E-state index in [2.05, 4.69) is 4.98 Å². The van der Waals surface area contributed by atoms with Crippen LogP contribution in [0.5, 0.6) is 0 Å². The highest BCUT2D eigenvalue weighted by atomic mass is 35.5. The van der Waals surface area contributed by atoms with Crippen molar-refractivity contribution < 1.29 is 4.79 Å². The Bertz CT molecular complexity index is 904. The van der Waals surface area contributed by atoms with Gasteiger partial charge in [0.15, 0.2) is 0 Å². The highest BCUT2D eigenvalue weighted by Crippen LogP contribution is 2.27. The number of halogens is 1. The second-order valence-electron chi connectivity index (χ2n) is 6.62. The summed E-state index contributed by atoms with van der Waals surface area (Å²) in [4.78, 5) is 22.4. The standard InChI is InChI=1S/C21H20ClN3O/c22-17-8-5-15(6-9-17)7-10-20(26)25-13-11-16(12-14-25)21-23-18-3-1-2-4-19(18)24-21/h1-10,16H,11-14H2,(H,23,24)/b10-7+. The molecule has 3 aromatic rings. The molecule has 26 heavy (non-hydrogen) atoms. The molecule has 0 saturated carbocycles. The van der Waals surface area contributed by atoms with Crippen LogP contribution < -0.4 is 0 Å². The minimum atomic E-state index is 0.0583. The Balaban J connectivity index is 1.36. The number of imidazole rings is 1. The molecular weight excluding hydrogens is 346 g/mol. The maximum atomic E-state index is 12.4. The summed E-state index contributed by atoms with van der Waals surface area (Å²) in [5.74, 6) is 1.48. The number of carbonyl (C=O) groups is 1. The molecule has 1 saturated heterocycles. The van der Waals surface area contributed by atoms with E-state index in [-0.39, 0.29) is 5.91 Å². The van der Waals surface area contributed by atoms with Crippen molar-refractivity contribution in [1.82, 2.24) is 14.9 Å². The maximum Gasteiger partial charge on any atom is 0.246 e. The van der Waals surface area contributed by atoms with Crippen molar-refractivity contribution in [1.29, 1.82) is 0 Å². The smallest absolute Gasteiger partial charge is 0.246 e. The number of H-pyrrole nitrogens is 1. The van der Waals surface area contributed by atoms with E-state index < -0.39 is 0 Å². The monoisotopic (exact) mass is 365 g/mol. The molecule has 2 heterocycles. The lowest BCUT2D eigenvalue weighted by atomic mass is 9.96. The summed E-state index contributed by atoms with van der Waals surface area (Å²) >= 11 is 5.88. The number of amides is 1. The summed E-state index contributed by atoms with van der Waals surface area (Å²) < 4.78 is 0. The van der Waals surface area contributed by atoms with Crippen molar-refractivity contribution in [3.63, 3.8) is 0 Å². The molecule has 1 aliphatic rings. The van der Waals surface area contributed by atoms with Crippen molar-refractivity contribution >= 4 is 34.6 Å². The van der Waals surface area contributed by atoms with Crippen molar-refractivity contribution in [3.8, 4) is 0 Å². The van der Waals surface area contributed by atoms with Crippen molar-refractivity contribution in [2.24, 2.45) is 0 Å². The van der Waals surface area contributed by atoms with Crippen LogP contribution in [-0.4, -0.2) is 33.9 Å². The SMILES string of the molecule is O=C(/C=C/c1ccc(Cl)cc1)N1CCC(c2nc3ccccc3[nH]2)CC1. The first-order chi connectivity index (χ1) is 12.7. The summed E-state index contributed by atoms with van der Waals surface area (Å²) in [6.45, 7) is 1.51. The molecule has 0 unspecified atom stereocenters. The number of carbonyl (C=O) groups excluding carboxylic acids is 1. The van der Waals surface area contributed by atoms with Crippen molar-refractivity contribution in [2.45, 2.75) is 18.8 Å². The van der Waals surface area contributed by atoms with Crippen LogP contribution in [0, 0.1) is 0 Å². The van der Waals surface area contributed by atoms with Crippen LogP contribution in [-0.2, 0) is 4.79 Å². The number of rotatable bonds is 3. The van der Waals surface area contributed by atoms with Gasteiger partial charge < -0.3 is 9.88 Å². The summed E-state index contributed by atoms with van der Waals surface area (Å²) in [6.07, 6.45) is 5.34.